The summed E-state index contributed by atoms with van der Waals surface area (Å²) < 4.78 is 0. The van der Waals surface area contributed by atoms with Crippen molar-refractivity contribution in [2.45, 2.75) is 58.5 Å². The molecule has 1 nitrogen and oxygen atoms in total. The fourth-order valence-corrected chi connectivity index (χ4v) is 3.23. The van der Waals surface area contributed by atoms with E-state index in [0.29, 0.717) is 5.41 Å². The lowest BCUT2D eigenvalue weighted by molar-refractivity contribution is 0.0180. The number of aliphatic hydroxyl groups is 1. The SMILES string of the molecule is CC(C)(C)C1CCCC(O)(c2ccccc2)CC1. The van der Waals surface area contributed by atoms with Crippen molar-refractivity contribution in [1.82, 2.24) is 0 Å². The smallest absolute Gasteiger partial charge is 0.0896 e. The summed E-state index contributed by atoms with van der Waals surface area (Å²) in [7, 11) is 0. The molecule has 1 saturated carbocycles. The maximum atomic E-state index is 10.9. The van der Waals surface area contributed by atoms with E-state index in [-0.39, 0.29) is 0 Å². The summed E-state index contributed by atoms with van der Waals surface area (Å²) in [4.78, 5) is 0. The molecule has 0 heterocycles. The number of benzene rings is 1. The van der Waals surface area contributed by atoms with Crippen LogP contribution < -0.4 is 0 Å². The largest absolute Gasteiger partial charge is 0.385 e. The summed E-state index contributed by atoms with van der Waals surface area (Å²) in [5, 5.41) is 10.9. The van der Waals surface area contributed by atoms with Crippen LogP contribution in [0.15, 0.2) is 30.3 Å². The lowest BCUT2D eigenvalue weighted by atomic mass is 9.76. The Morgan fingerprint density at radius 2 is 1.72 bits per heavy atom. The van der Waals surface area contributed by atoms with Gasteiger partial charge in [0.15, 0.2) is 0 Å². The van der Waals surface area contributed by atoms with Gasteiger partial charge in [-0.2, -0.15) is 0 Å². The molecule has 2 atom stereocenters. The van der Waals surface area contributed by atoms with Gasteiger partial charge < -0.3 is 5.11 Å². The standard InChI is InChI=1S/C17H26O/c1-16(2,3)14-10-7-12-17(18,13-11-14)15-8-5-4-6-9-15/h4-6,8-9,14,18H,7,10-13H2,1-3H3. The van der Waals surface area contributed by atoms with Crippen molar-refractivity contribution in [3.05, 3.63) is 35.9 Å². The average molecular weight is 246 g/mol. The predicted molar refractivity (Wildman–Crippen MR) is 76.4 cm³/mol. The second kappa shape index (κ2) is 5.05. The minimum atomic E-state index is -0.596. The first-order valence-electron chi connectivity index (χ1n) is 7.20. The molecule has 2 rings (SSSR count). The monoisotopic (exact) mass is 246 g/mol. The molecule has 0 aliphatic heterocycles. The van der Waals surface area contributed by atoms with Crippen molar-refractivity contribution in [3.8, 4) is 0 Å². The zero-order chi connectivity index (χ0) is 13.2. The topological polar surface area (TPSA) is 20.2 Å². The average Bonchev–Trinajstić information content (AvgIpc) is 2.53. The van der Waals surface area contributed by atoms with Gasteiger partial charge in [0, 0.05) is 0 Å². The van der Waals surface area contributed by atoms with Crippen molar-refractivity contribution in [1.29, 1.82) is 0 Å². The van der Waals surface area contributed by atoms with Gasteiger partial charge in [0.25, 0.3) is 0 Å². The van der Waals surface area contributed by atoms with E-state index in [4.69, 9.17) is 0 Å². The Balaban J connectivity index is 2.14. The molecule has 1 aliphatic carbocycles. The van der Waals surface area contributed by atoms with E-state index >= 15 is 0 Å². The molecular formula is C17H26O. The van der Waals surface area contributed by atoms with E-state index < -0.39 is 5.60 Å². The summed E-state index contributed by atoms with van der Waals surface area (Å²) in [6.45, 7) is 6.97. The molecule has 1 aliphatic rings. The van der Waals surface area contributed by atoms with Crippen molar-refractivity contribution in [2.24, 2.45) is 11.3 Å². The first-order valence-corrected chi connectivity index (χ1v) is 7.20. The molecule has 1 heteroatoms. The molecule has 0 radical (unpaired) electrons. The maximum Gasteiger partial charge on any atom is 0.0896 e. The second-order valence-electron chi connectivity index (χ2n) is 6.89. The lowest BCUT2D eigenvalue weighted by Crippen LogP contribution is -2.25. The van der Waals surface area contributed by atoms with Crippen LogP contribution in [-0.2, 0) is 5.60 Å². The van der Waals surface area contributed by atoms with Gasteiger partial charge in [-0.15, -0.1) is 0 Å². The molecule has 1 N–H and O–H groups in total. The van der Waals surface area contributed by atoms with Crippen molar-refractivity contribution >= 4 is 0 Å². The Labute approximate surface area is 111 Å². The van der Waals surface area contributed by atoms with Crippen LogP contribution in [0.1, 0.15) is 58.4 Å². The van der Waals surface area contributed by atoms with Crippen LogP contribution in [0.5, 0.6) is 0 Å². The van der Waals surface area contributed by atoms with Gasteiger partial charge >= 0.3 is 0 Å². The molecule has 1 aromatic carbocycles. The van der Waals surface area contributed by atoms with Crippen LogP contribution in [0.4, 0.5) is 0 Å². The normalized spacial score (nSPS) is 29.9. The first-order chi connectivity index (χ1) is 8.42. The van der Waals surface area contributed by atoms with Crippen LogP contribution in [0.3, 0.4) is 0 Å². The van der Waals surface area contributed by atoms with E-state index in [1.165, 1.54) is 6.42 Å². The molecule has 0 bridgehead atoms. The van der Waals surface area contributed by atoms with Crippen LogP contribution in [0, 0.1) is 11.3 Å². The summed E-state index contributed by atoms with van der Waals surface area (Å²) in [6, 6.07) is 10.2. The molecule has 0 spiro atoms. The Hall–Kier alpha value is -0.820. The molecule has 1 fully saturated rings. The van der Waals surface area contributed by atoms with Crippen LogP contribution in [0.2, 0.25) is 0 Å². The third-order valence-corrected chi connectivity index (χ3v) is 4.59. The van der Waals surface area contributed by atoms with E-state index in [9.17, 15) is 5.11 Å². The van der Waals surface area contributed by atoms with Gasteiger partial charge in [0.2, 0.25) is 0 Å². The van der Waals surface area contributed by atoms with Gasteiger partial charge in [0.05, 0.1) is 5.60 Å². The molecule has 100 valence electrons. The summed E-state index contributed by atoms with van der Waals surface area (Å²) in [5.41, 5.74) is 0.864. The van der Waals surface area contributed by atoms with Crippen molar-refractivity contribution in [3.63, 3.8) is 0 Å². The van der Waals surface area contributed by atoms with Gasteiger partial charge in [-0.05, 0) is 49.0 Å². The van der Waals surface area contributed by atoms with Gasteiger partial charge in [-0.25, -0.2) is 0 Å². The highest BCUT2D eigenvalue weighted by atomic mass is 16.3. The molecular weight excluding hydrogens is 220 g/mol. The third kappa shape index (κ3) is 2.95. The minimum Gasteiger partial charge on any atom is -0.385 e. The minimum absolute atomic E-state index is 0.363. The quantitative estimate of drug-likeness (QED) is 0.723. The number of rotatable bonds is 1. The molecule has 2 unspecified atom stereocenters. The zero-order valence-electron chi connectivity index (χ0n) is 11.9. The highest BCUT2D eigenvalue weighted by Crippen LogP contribution is 2.43. The lowest BCUT2D eigenvalue weighted by Gasteiger charge is -2.31. The number of hydrogen-bond acceptors (Lipinski definition) is 1. The van der Waals surface area contributed by atoms with E-state index in [1.807, 2.05) is 18.2 Å². The van der Waals surface area contributed by atoms with Crippen molar-refractivity contribution in [2.75, 3.05) is 0 Å². The Morgan fingerprint density at radius 1 is 1.06 bits per heavy atom. The van der Waals surface area contributed by atoms with Crippen LogP contribution in [-0.4, -0.2) is 5.11 Å². The fourth-order valence-electron chi connectivity index (χ4n) is 3.23. The second-order valence-corrected chi connectivity index (χ2v) is 6.89. The maximum absolute atomic E-state index is 10.9. The molecule has 0 amide bonds. The predicted octanol–water partition coefficient (Wildman–Crippen LogP) is 4.50. The highest BCUT2D eigenvalue weighted by Gasteiger charge is 2.35. The van der Waals surface area contributed by atoms with Crippen molar-refractivity contribution < 1.29 is 5.11 Å². The summed E-state index contributed by atoms with van der Waals surface area (Å²) >= 11 is 0. The Kier molecular flexibility index (Phi) is 3.82. The fraction of sp³-hybridized carbons (Fsp3) is 0.647. The van der Waals surface area contributed by atoms with E-state index in [1.54, 1.807) is 0 Å². The van der Waals surface area contributed by atoms with Gasteiger partial charge in [0.1, 0.15) is 0 Å². The van der Waals surface area contributed by atoms with E-state index in [2.05, 4.69) is 32.9 Å². The van der Waals surface area contributed by atoms with Crippen LogP contribution in [0.25, 0.3) is 0 Å². The van der Waals surface area contributed by atoms with Gasteiger partial charge in [-0.3, -0.25) is 0 Å². The summed E-state index contributed by atoms with van der Waals surface area (Å²) in [6.07, 6.45) is 5.32. The molecule has 18 heavy (non-hydrogen) atoms. The third-order valence-electron chi connectivity index (χ3n) is 4.59. The summed E-state index contributed by atoms with van der Waals surface area (Å²) in [5.74, 6) is 0.732. The highest BCUT2D eigenvalue weighted by molar-refractivity contribution is 5.22. The molecule has 0 saturated heterocycles. The first kappa shape index (κ1) is 13.6. The zero-order valence-corrected chi connectivity index (χ0v) is 11.9. The molecule has 1 aromatic rings. The van der Waals surface area contributed by atoms with Gasteiger partial charge in [-0.1, -0.05) is 51.1 Å². The van der Waals surface area contributed by atoms with Crippen LogP contribution >= 0.6 is 0 Å². The Bertz CT molecular complexity index is 376. The molecule has 0 aromatic heterocycles. The van der Waals surface area contributed by atoms with E-state index in [0.717, 1.165) is 37.2 Å². The number of hydrogen-bond donors (Lipinski definition) is 1. The Morgan fingerprint density at radius 3 is 2.33 bits per heavy atom.